The van der Waals surface area contributed by atoms with Crippen molar-refractivity contribution in [2.75, 3.05) is 24.5 Å². The Morgan fingerprint density at radius 1 is 1.24 bits per heavy atom. The van der Waals surface area contributed by atoms with Gasteiger partial charge >= 0.3 is 0 Å². The van der Waals surface area contributed by atoms with Crippen LogP contribution in [-0.4, -0.2) is 46.6 Å². The summed E-state index contributed by atoms with van der Waals surface area (Å²) in [5.74, 6) is 1.50. The van der Waals surface area contributed by atoms with Crippen LogP contribution in [0.15, 0.2) is 12.4 Å². The summed E-state index contributed by atoms with van der Waals surface area (Å²) in [6.45, 7) is 8.07. The number of nitriles is 1. The van der Waals surface area contributed by atoms with E-state index in [2.05, 4.69) is 33.6 Å². The molecule has 2 fully saturated rings. The van der Waals surface area contributed by atoms with Crippen molar-refractivity contribution in [2.24, 2.45) is 5.92 Å². The predicted molar refractivity (Wildman–Crippen MR) is 81.9 cm³/mol. The molecule has 0 amide bonds. The Labute approximate surface area is 126 Å². The quantitative estimate of drug-likeness (QED) is 0.850. The first-order chi connectivity index (χ1) is 10.2. The van der Waals surface area contributed by atoms with Crippen molar-refractivity contribution in [3.8, 4) is 6.07 Å². The van der Waals surface area contributed by atoms with Crippen molar-refractivity contribution < 1.29 is 0 Å². The van der Waals surface area contributed by atoms with E-state index in [4.69, 9.17) is 5.26 Å². The monoisotopic (exact) mass is 285 g/mol. The van der Waals surface area contributed by atoms with Gasteiger partial charge in [-0.05, 0) is 38.3 Å². The van der Waals surface area contributed by atoms with Crippen LogP contribution in [0.4, 0.5) is 5.82 Å². The van der Waals surface area contributed by atoms with Gasteiger partial charge in [0.25, 0.3) is 0 Å². The minimum atomic E-state index is 0.384. The van der Waals surface area contributed by atoms with Gasteiger partial charge in [-0.1, -0.05) is 13.8 Å². The Hall–Kier alpha value is -1.67. The van der Waals surface area contributed by atoms with E-state index in [1.807, 2.05) is 6.07 Å². The Morgan fingerprint density at radius 3 is 2.57 bits per heavy atom. The molecule has 0 aliphatic carbocycles. The summed E-state index contributed by atoms with van der Waals surface area (Å²) in [6, 6.07) is 3.18. The molecule has 0 radical (unpaired) electrons. The summed E-state index contributed by atoms with van der Waals surface area (Å²) < 4.78 is 0. The van der Waals surface area contributed by atoms with E-state index in [1.54, 1.807) is 12.4 Å². The second-order valence-corrected chi connectivity index (χ2v) is 6.47. The number of hydrogen-bond donors (Lipinski definition) is 0. The molecule has 2 unspecified atom stereocenters. The highest BCUT2D eigenvalue weighted by atomic mass is 15.3. The summed E-state index contributed by atoms with van der Waals surface area (Å²) in [4.78, 5) is 13.6. The second-order valence-electron chi connectivity index (χ2n) is 6.47. The minimum absolute atomic E-state index is 0.384. The topological polar surface area (TPSA) is 56.0 Å². The molecule has 0 spiro atoms. The standard InChI is InChI=1S/C16H23N5/c1-12(2)15-7-14(20-5-3-4-6-20)11-21(15)16-10-18-13(8-17)9-19-16/h9-10,12,14-15H,3-7,11H2,1-2H3. The lowest BCUT2D eigenvalue weighted by atomic mass is 10.00. The largest absolute Gasteiger partial charge is 0.350 e. The SMILES string of the molecule is CC(C)C1CC(N2CCCC2)CN1c1cnc(C#N)cn1. The van der Waals surface area contributed by atoms with E-state index >= 15 is 0 Å². The zero-order valence-corrected chi connectivity index (χ0v) is 12.9. The highest BCUT2D eigenvalue weighted by Crippen LogP contribution is 2.32. The van der Waals surface area contributed by atoms with Crippen molar-refractivity contribution in [3.05, 3.63) is 18.1 Å². The molecule has 21 heavy (non-hydrogen) atoms. The summed E-state index contributed by atoms with van der Waals surface area (Å²) >= 11 is 0. The van der Waals surface area contributed by atoms with E-state index in [0.29, 0.717) is 23.7 Å². The minimum Gasteiger partial charge on any atom is -0.350 e. The molecule has 3 rings (SSSR count). The second kappa shape index (κ2) is 5.98. The van der Waals surface area contributed by atoms with Crippen LogP contribution in [0.3, 0.4) is 0 Å². The molecule has 2 saturated heterocycles. The maximum absolute atomic E-state index is 8.85. The molecule has 0 saturated carbocycles. The van der Waals surface area contributed by atoms with Crippen LogP contribution in [0, 0.1) is 17.2 Å². The molecule has 0 N–H and O–H groups in total. The van der Waals surface area contributed by atoms with Crippen LogP contribution in [0.25, 0.3) is 0 Å². The molecule has 2 aliphatic heterocycles. The van der Waals surface area contributed by atoms with E-state index in [-0.39, 0.29) is 0 Å². The summed E-state index contributed by atoms with van der Waals surface area (Å²) in [6.07, 6.45) is 7.20. The van der Waals surface area contributed by atoms with Gasteiger partial charge in [-0.2, -0.15) is 5.26 Å². The van der Waals surface area contributed by atoms with Gasteiger partial charge in [0, 0.05) is 18.6 Å². The lowest BCUT2D eigenvalue weighted by Gasteiger charge is -2.28. The molecule has 3 heterocycles. The number of nitrogens with zero attached hydrogens (tertiary/aromatic N) is 5. The van der Waals surface area contributed by atoms with Gasteiger partial charge in [0.15, 0.2) is 5.69 Å². The summed E-state index contributed by atoms with van der Waals surface area (Å²) in [7, 11) is 0. The lowest BCUT2D eigenvalue weighted by molar-refractivity contribution is 0.252. The third-order valence-corrected chi connectivity index (χ3v) is 4.79. The van der Waals surface area contributed by atoms with Crippen molar-refractivity contribution in [2.45, 2.75) is 45.2 Å². The molecular weight excluding hydrogens is 262 g/mol. The zero-order valence-electron chi connectivity index (χ0n) is 12.9. The first-order valence-corrected chi connectivity index (χ1v) is 7.92. The fourth-order valence-corrected chi connectivity index (χ4v) is 3.64. The van der Waals surface area contributed by atoms with Gasteiger partial charge in [0.2, 0.25) is 0 Å². The number of aromatic nitrogens is 2. The van der Waals surface area contributed by atoms with E-state index in [9.17, 15) is 0 Å². The van der Waals surface area contributed by atoms with E-state index in [1.165, 1.54) is 32.4 Å². The van der Waals surface area contributed by atoms with Crippen LogP contribution < -0.4 is 4.90 Å². The maximum atomic E-state index is 8.85. The zero-order chi connectivity index (χ0) is 14.8. The van der Waals surface area contributed by atoms with Gasteiger partial charge in [-0.3, -0.25) is 4.90 Å². The average Bonchev–Trinajstić information content (AvgIpc) is 3.16. The van der Waals surface area contributed by atoms with Crippen LogP contribution in [0.1, 0.15) is 38.8 Å². The first-order valence-electron chi connectivity index (χ1n) is 7.92. The fourth-order valence-electron chi connectivity index (χ4n) is 3.64. The fraction of sp³-hybridized carbons (Fsp3) is 0.688. The molecule has 0 aromatic carbocycles. The molecule has 1 aromatic rings. The molecule has 5 heteroatoms. The molecule has 2 atom stereocenters. The van der Waals surface area contributed by atoms with Gasteiger partial charge in [-0.25, -0.2) is 9.97 Å². The van der Waals surface area contributed by atoms with Gasteiger partial charge in [-0.15, -0.1) is 0 Å². The van der Waals surface area contributed by atoms with E-state index < -0.39 is 0 Å². The molecular formula is C16H23N5. The molecule has 112 valence electrons. The smallest absolute Gasteiger partial charge is 0.158 e. The highest BCUT2D eigenvalue weighted by molar-refractivity contribution is 5.41. The Morgan fingerprint density at radius 2 is 2.00 bits per heavy atom. The Bertz CT molecular complexity index is 512. The summed E-state index contributed by atoms with van der Waals surface area (Å²) in [5, 5.41) is 8.85. The van der Waals surface area contributed by atoms with E-state index in [0.717, 1.165) is 12.4 Å². The van der Waals surface area contributed by atoms with Gasteiger partial charge in [0.1, 0.15) is 11.9 Å². The van der Waals surface area contributed by atoms with Gasteiger partial charge < -0.3 is 4.90 Å². The van der Waals surface area contributed by atoms with Crippen LogP contribution in [-0.2, 0) is 0 Å². The number of rotatable bonds is 3. The van der Waals surface area contributed by atoms with Crippen molar-refractivity contribution in [1.82, 2.24) is 14.9 Å². The number of anilines is 1. The van der Waals surface area contributed by atoms with Crippen molar-refractivity contribution in [1.29, 1.82) is 5.26 Å². The molecule has 2 aliphatic rings. The summed E-state index contributed by atoms with van der Waals surface area (Å²) in [5.41, 5.74) is 0.384. The Balaban J connectivity index is 1.79. The number of likely N-dealkylation sites (tertiary alicyclic amines) is 1. The van der Waals surface area contributed by atoms with Crippen LogP contribution in [0.5, 0.6) is 0 Å². The van der Waals surface area contributed by atoms with Crippen LogP contribution in [0.2, 0.25) is 0 Å². The lowest BCUT2D eigenvalue weighted by Crippen LogP contribution is -2.36. The first kappa shape index (κ1) is 14.3. The maximum Gasteiger partial charge on any atom is 0.158 e. The molecule has 0 bridgehead atoms. The molecule has 5 nitrogen and oxygen atoms in total. The normalized spacial score (nSPS) is 26.5. The van der Waals surface area contributed by atoms with Crippen molar-refractivity contribution >= 4 is 5.82 Å². The predicted octanol–water partition coefficient (Wildman–Crippen LogP) is 2.05. The van der Waals surface area contributed by atoms with Crippen LogP contribution >= 0.6 is 0 Å². The van der Waals surface area contributed by atoms with Gasteiger partial charge in [0.05, 0.1) is 12.4 Å². The Kier molecular flexibility index (Phi) is 4.07. The molecule has 1 aromatic heterocycles. The van der Waals surface area contributed by atoms with Crippen molar-refractivity contribution in [3.63, 3.8) is 0 Å². The number of hydrogen-bond acceptors (Lipinski definition) is 5. The average molecular weight is 285 g/mol. The third-order valence-electron chi connectivity index (χ3n) is 4.79. The third kappa shape index (κ3) is 2.86. The highest BCUT2D eigenvalue weighted by Gasteiger charge is 2.38.